The summed E-state index contributed by atoms with van der Waals surface area (Å²) in [7, 11) is 0. The molecule has 1 aromatic carbocycles. The van der Waals surface area contributed by atoms with Crippen molar-refractivity contribution in [2.45, 2.75) is 65.1 Å². The molecular formula is C26H39N3O4. The van der Waals surface area contributed by atoms with Gasteiger partial charge in [0, 0.05) is 57.9 Å². The van der Waals surface area contributed by atoms with E-state index < -0.39 is 11.0 Å². The molecule has 3 aliphatic heterocycles. The molecule has 33 heavy (non-hydrogen) atoms. The lowest BCUT2D eigenvalue weighted by Gasteiger charge is -2.37. The first-order chi connectivity index (χ1) is 15.6. The lowest BCUT2D eigenvalue weighted by molar-refractivity contribution is -0.151. The predicted molar refractivity (Wildman–Crippen MR) is 128 cm³/mol. The van der Waals surface area contributed by atoms with Gasteiger partial charge in [0.1, 0.15) is 11.7 Å². The smallest absolute Gasteiger partial charge is 0.410 e. The van der Waals surface area contributed by atoms with Crippen molar-refractivity contribution in [1.82, 2.24) is 9.80 Å². The van der Waals surface area contributed by atoms with Crippen molar-refractivity contribution in [3.8, 4) is 0 Å². The molecule has 3 aliphatic rings. The van der Waals surface area contributed by atoms with Gasteiger partial charge in [-0.25, -0.2) is 4.79 Å². The Morgan fingerprint density at radius 1 is 1.06 bits per heavy atom. The molecule has 3 fully saturated rings. The van der Waals surface area contributed by atoms with Crippen molar-refractivity contribution in [2.24, 2.45) is 5.41 Å². The van der Waals surface area contributed by atoms with Gasteiger partial charge in [-0.3, -0.25) is 9.69 Å². The Balaban J connectivity index is 1.20. The summed E-state index contributed by atoms with van der Waals surface area (Å²) in [6.45, 7) is 13.9. The number of benzene rings is 1. The summed E-state index contributed by atoms with van der Waals surface area (Å²) < 4.78 is 11.3. The van der Waals surface area contributed by atoms with Crippen LogP contribution in [0.3, 0.4) is 0 Å². The fourth-order valence-corrected chi connectivity index (χ4v) is 5.16. The number of carbonyl (C=O) groups excluding carboxylic acids is 2. The highest BCUT2D eigenvalue weighted by Crippen LogP contribution is 2.44. The highest BCUT2D eigenvalue weighted by Gasteiger charge is 2.51. The summed E-state index contributed by atoms with van der Waals surface area (Å²) >= 11 is 0. The van der Waals surface area contributed by atoms with Crippen molar-refractivity contribution in [2.75, 3.05) is 50.7 Å². The first-order valence-electron chi connectivity index (χ1n) is 12.4. The van der Waals surface area contributed by atoms with Gasteiger partial charge in [-0.15, -0.1) is 0 Å². The van der Waals surface area contributed by atoms with Crippen molar-refractivity contribution >= 4 is 17.7 Å². The number of nitrogens with zero attached hydrogens (tertiary/aromatic N) is 3. The number of anilines is 1. The van der Waals surface area contributed by atoms with Crippen molar-refractivity contribution in [1.29, 1.82) is 0 Å². The second-order valence-electron chi connectivity index (χ2n) is 10.9. The summed E-state index contributed by atoms with van der Waals surface area (Å²) in [4.78, 5) is 31.8. The summed E-state index contributed by atoms with van der Waals surface area (Å²) in [6, 6.07) is 8.75. The van der Waals surface area contributed by atoms with Crippen LogP contribution in [0.4, 0.5) is 10.5 Å². The van der Waals surface area contributed by atoms with Crippen LogP contribution in [0.2, 0.25) is 0 Å². The number of piperidine rings is 1. The monoisotopic (exact) mass is 457 g/mol. The fraction of sp³-hybridized carbons (Fsp3) is 0.692. The molecule has 0 saturated carbocycles. The van der Waals surface area contributed by atoms with Crippen LogP contribution in [0, 0.1) is 12.3 Å². The van der Waals surface area contributed by atoms with Gasteiger partial charge in [0.05, 0.1) is 5.41 Å². The number of aryl methyl sites for hydroxylation is 1. The van der Waals surface area contributed by atoms with E-state index in [1.807, 2.05) is 20.8 Å². The minimum absolute atomic E-state index is 0.0132. The molecule has 1 atom stereocenters. The zero-order chi connectivity index (χ0) is 23.6. The van der Waals surface area contributed by atoms with E-state index in [4.69, 9.17) is 9.47 Å². The highest BCUT2D eigenvalue weighted by molar-refractivity contribution is 5.79. The van der Waals surface area contributed by atoms with E-state index in [0.29, 0.717) is 25.9 Å². The lowest BCUT2D eigenvalue weighted by atomic mass is 9.76. The van der Waals surface area contributed by atoms with Crippen LogP contribution in [0.1, 0.15) is 52.0 Å². The molecule has 0 radical (unpaired) electrons. The van der Waals surface area contributed by atoms with Gasteiger partial charge in [-0.2, -0.15) is 0 Å². The van der Waals surface area contributed by atoms with Crippen LogP contribution >= 0.6 is 0 Å². The number of piperazine rings is 1. The number of hydrogen-bond donors (Lipinski definition) is 0. The largest absolute Gasteiger partial charge is 0.462 e. The van der Waals surface area contributed by atoms with Gasteiger partial charge < -0.3 is 19.3 Å². The summed E-state index contributed by atoms with van der Waals surface area (Å²) in [5.74, 6) is -0.0690. The second-order valence-corrected chi connectivity index (χ2v) is 10.9. The van der Waals surface area contributed by atoms with Gasteiger partial charge in [0.2, 0.25) is 0 Å². The maximum absolute atomic E-state index is 12.8. The molecule has 1 spiro atoms. The number of esters is 1. The minimum atomic E-state index is -0.505. The van der Waals surface area contributed by atoms with Gasteiger partial charge in [0.25, 0.3) is 0 Å². The van der Waals surface area contributed by atoms with Crippen LogP contribution in [-0.2, 0) is 14.3 Å². The van der Waals surface area contributed by atoms with Crippen LogP contribution in [0.5, 0.6) is 0 Å². The Labute approximate surface area is 198 Å². The number of carbonyl (C=O) groups is 2. The van der Waals surface area contributed by atoms with E-state index >= 15 is 0 Å². The number of hydrogen-bond acceptors (Lipinski definition) is 6. The SMILES string of the molecule is Cc1ccc(N2CCN(CCC3CC4(CCN(C(=O)OC(C)(C)C)CC4)C(=O)O3)CC2)cc1. The van der Waals surface area contributed by atoms with Crippen molar-refractivity contribution < 1.29 is 19.1 Å². The molecule has 182 valence electrons. The van der Waals surface area contributed by atoms with E-state index in [-0.39, 0.29) is 18.2 Å². The highest BCUT2D eigenvalue weighted by atomic mass is 16.6. The maximum atomic E-state index is 12.8. The lowest BCUT2D eigenvalue weighted by Crippen LogP contribution is -2.47. The molecule has 0 aromatic heterocycles. The molecule has 0 aliphatic carbocycles. The van der Waals surface area contributed by atoms with Crippen LogP contribution in [0.25, 0.3) is 0 Å². The standard InChI is InChI=1S/C26H39N3O4/c1-20-5-7-21(8-6-20)28-17-15-27(16-18-28)12-9-22-19-26(23(30)32-22)10-13-29(14-11-26)24(31)33-25(2,3)4/h5-8,22H,9-19H2,1-4H3. The van der Waals surface area contributed by atoms with Crippen molar-refractivity contribution in [3.63, 3.8) is 0 Å². The molecule has 1 amide bonds. The van der Waals surface area contributed by atoms with E-state index in [9.17, 15) is 9.59 Å². The summed E-state index contributed by atoms with van der Waals surface area (Å²) in [5, 5.41) is 0. The molecular weight excluding hydrogens is 418 g/mol. The van der Waals surface area contributed by atoms with E-state index in [2.05, 4.69) is 41.0 Å². The van der Waals surface area contributed by atoms with Gasteiger partial charge >= 0.3 is 12.1 Å². The topological polar surface area (TPSA) is 62.3 Å². The Morgan fingerprint density at radius 2 is 1.70 bits per heavy atom. The van der Waals surface area contributed by atoms with Crippen LogP contribution in [0.15, 0.2) is 24.3 Å². The number of ether oxygens (including phenoxy) is 2. The number of rotatable bonds is 4. The quantitative estimate of drug-likeness (QED) is 0.640. The minimum Gasteiger partial charge on any atom is -0.462 e. The van der Waals surface area contributed by atoms with E-state index in [0.717, 1.165) is 45.6 Å². The molecule has 0 N–H and O–H groups in total. The van der Waals surface area contributed by atoms with Crippen LogP contribution in [-0.4, -0.2) is 79.4 Å². The third-order valence-corrected chi connectivity index (χ3v) is 7.24. The molecule has 3 heterocycles. The molecule has 7 nitrogen and oxygen atoms in total. The zero-order valence-corrected chi connectivity index (χ0v) is 20.6. The first kappa shape index (κ1) is 23.9. The number of amides is 1. The molecule has 3 saturated heterocycles. The Bertz CT molecular complexity index is 832. The van der Waals surface area contributed by atoms with Gasteiger partial charge in [0.15, 0.2) is 0 Å². The third kappa shape index (κ3) is 5.81. The predicted octanol–water partition coefficient (Wildman–Crippen LogP) is 3.84. The Hall–Kier alpha value is -2.28. The van der Waals surface area contributed by atoms with Gasteiger partial charge in [-0.05, 0) is 59.1 Å². The molecule has 1 unspecified atom stereocenters. The second kappa shape index (κ2) is 9.53. The third-order valence-electron chi connectivity index (χ3n) is 7.24. The average molecular weight is 458 g/mol. The Morgan fingerprint density at radius 3 is 2.30 bits per heavy atom. The van der Waals surface area contributed by atoms with Gasteiger partial charge in [-0.1, -0.05) is 17.7 Å². The number of cyclic esters (lactones) is 1. The average Bonchev–Trinajstić information content (AvgIpc) is 3.07. The summed E-state index contributed by atoms with van der Waals surface area (Å²) in [6.07, 6.45) is 2.68. The number of likely N-dealkylation sites (tertiary alicyclic amines) is 1. The maximum Gasteiger partial charge on any atom is 0.410 e. The van der Waals surface area contributed by atoms with Crippen LogP contribution < -0.4 is 4.90 Å². The molecule has 7 heteroatoms. The summed E-state index contributed by atoms with van der Waals surface area (Å²) in [5.41, 5.74) is 1.66. The van der Waals surface area contributed by atoms with Crippen molar-refractivity contribution in [3.05, 3.63) is 29.8 Å². The molecule has 0 bridgehead atoms. The normalized spacial score (nSPS) is 23.6. The molecule has 4 rings (SSSR count). The fourth-order valence-electron chi connectivity index (χ4n) is 5.16. The first-order valence-corrected chi connectivity index (χ1v) is 12.4. The van der Waals surface area contributed by atoms with E-state index in [1.54, 1.807) is 4.90 Å². The van der Waals surface area contributed by atoms with E-state index in [1.165, 1.54) is 11.3 Å². The molecule has 1 aromatic rings. The Kier molecular flexibility index (Phi) is 6.89. The zero-order valence-electron chi connectivity index (χ0n) is 20.6.